The normalized spacial score (nSPS) is 12.1. The lowest BCUT2D eigenvalue weighted by atomic mass is 10.2. The maximum Gasteiger partial charge on any atom is 0.324 e. The summed E-state index contributed by atoms with van der Waals surface area (Å²) in [5, 5.41) is 13.1. The highest BCUT2D eigenvalue weighted by molar-refractivity contribution is 7.17. The van der Waals surface area contributed by atoms with Crippen molar-refractivity contribution in [2.75, 3.05) is 12.4 Å². The molecule has 1 atom stereocenters. The quantitative estimate of drug-likeness (QED) is 0.503. The van der Waals surface area contributed by atoms with Crippen molar-refractivity contribution in [3.8, 4) is 0 Å². The predicted octanol–water partition coefficient (Wildman–Crippen LogP) is 2.26. The smallest absolute Gasteiger partial charge is 0.324 e. The first kappa shape index (κ1) is 12.9. The molecule has 16 heavy (non-hydrogen) atoms. The van der Waals surface area contributed by atoms with E-state index in [9.17, 15) is 14.9 Å². The number of amides is 1. The zero-order valence-electron chi connectivity index (χ0n) is 8.60. The Morgan fingerprint density at radius 2 is 2.38 bits per heavy atom. The number of hydrogen-bond acceptors (Lipinski definition) is 4. The van der Waals surface area contributed by atoms with Gasteiger partial charge in [-0.2, -0.15) is 0 Å². The van der Waals surface area contributed by atoms with Crippen molar-refractivity contribution in [1.29, 1.82) is 0 Å². The Morgan fingerprint density at radius 1 is 1.69 bits per heavy atom. The van der Waals surface area contributed by atoms with Gasteiger partial charge in [-0.25, -0.2) is 0 Å². The molecule has 0 saturated carbocycles. The van der Waals surface area contributed by atoms with E-state index in [2.05, 4.69) is 5.32 Å². The molecule has 0 aliphatic heterocycles. The van der Waals surface area contributed by atoms with E-state index >= 15 is 0 Å². The summed E-state index contributed by atoms with van der Waals surface area (Å²) in [7, 11) is 0. The fraction of sp³-hybridized carbons (Fsp3) is 0.444. The summed E-state index contributed by atoms with van der Waals surface area (Å²) in [5.41, 5.74) is 0. The van der Waals surface area contributed by atoms with Crippen LogP contribution in [0.25, 0.3) is 0 Å². The highest BCUT2D eigenvalue weighted by Crippen LogP contribution is 2.23. The fourth-order valence-corrected chi connectivity index (χ4v) is 1.80. The van der Waals surface area contributed by atoms with Crippen LogP contribution in [0, 0.1) is 16.0 Å². The molecule has 0 aromatic carbocycles. The van der Waals surface area contributed by atoms with Crippen molar-refractivity contribution in [3.05, 3.63) is 27.1 Å². The van der Waals surface area contributed by atoms with E-state index in [0.29, 0.717) is 17.3 Å². The molecule has 1 aromatic rings. The minimum absolute atomic E-state index is 0.0319. The van der Waals surface area contributed by atoms with E-state index in [4.69, 9.17) is 11.6 Å². The second-order valence-corrected chi connectivity index (χ2v) is 4.74. The Labute approximate surface area is 102 Å². The van der Waals surface area contributed by atoms with E-state index in [0.717, 1.165) is 11.3 Å². The Morgan fingerprint density at radius 3 is 2.88 bits per heavy atom. The summed E-state index contributed by atoms with van der Waals surface area (Å²) in [6, 6.07) is 2.77. The summed E-state index contributed by atoms with van der Waals surface area (Å²) in [4.78, 5) is 21.8. The second kappa shape index (κ2) is 5.81. The SMILES string of the molecule is CC(CCl)CNC(=O)c1ccc([N+](=O)[O-])s1. The molecule has 1 unspecified atom stereocenters. The van der Waals surface area contributed by atoms with Gasteiger partial charge in [0.05, 0.1) is 9.80 Å². The molecule has 1 N–H and O–H groups in total. The lowest BCUT2D eigenvalue weighted by molar-refractivity contribution is -0.380. The van der Waals surface area contributed by atoms with Gasteiger partial charge in [0.1, 0.15) is 0 Å². The number of nitrogens with zero attached hydrogens (tertiary/aromatic N) is 1. The van der Waals surface area contributed by atoms with Crippen LogP contribution in [-0.2, 0) is 0 Å². The Kier molecular flexibility index (Phi) is 4.70. The van der Waals surface area contributed by atoms with Crippen LogP contribution in [0.2, 0.25) is 0 Å². The van der Waals surface area contributed by atoms with Crippen molar-refractivity contribution in [2.45, 2.75) is 6.92 Å². The molecular formula is C9H11ClN2O3S. The molecule has 0 radical (unpaired) electrons. The number of carbonyl (C=O) groups excluding carboxylic acids is 1. The molecule has 5 nitrogen and oxygen atoms in total. The van der Waals surface area contributed by atoms with Gasteiger partial charge in [-0.15, -0.1) is 11.6 Å². The number of nitro groups is 1. The van der Waals surface area contributed by atoms with Crippen LogP contribution < -0.4 is 5.32 Å². The van der Waals surface area contributed by atoms with Crippen molar-refractivity contribution < 1.29 is 9.72 Å². The van der Waals surface area contributed by atoms with E-state index < -0.39 is 4.92 Å². The van der Waals surface area contributed by atoms with Crippen LogP contribution in [0.15, 0.2) is 12.1 Å². The number of nitrogens with one attached hydrogen (secondary N) is 1. The van der Waals surface area contributed by atoms with E-state index in [1.165, 1.54) is 12.1 Å². The first-order chi connectivity index (χ1) is 7.54. The third-order valence-corrected chi connectivity index (χ3v) is 3.43. The van der Waals surface area contributed by atoms with Crippen LogP contribution in [0.4, 0.5) is 5.00 Å². The van der Waals surface area contributed by atoms with Gasteiger partial charge in [-0.3, -0.25) is 14.9 Å². The van der Waals surface area contributed by atoms with Gasteiger partial charge in [0.25, 0.3) is 5.91 Å². The average Bonchev–Trinajstić information content (AvgIpc) is 2.74. The van der Waals surface area contributed by atoms with Gasteiger partial charge < -0.3 is 5.32 Å². The number of halogens is 1. The van der Waals surface area contributed by atoms with E-state index in [1.54, 1.807) is 0 Å². The summed E-state index contributed by atoms with van der Waals surface area (Å²) < 4.78 is 0. The highest BCUT2D eigenvalue weighted by Gasteiger charge is 2.15. The molecule has 7 heteroatoms. The molecule has 0 saturated heterocycles. The first-order valence-corrected chi connectivity index (χ1v) is 5.98. The number of rotatable bonds is 5. The van der Waals surface area contributed by atoms with Gasteiger partial charge in [-0.05, 0) is 12.0 Å². The maximum atomic E-state index is 11.5. The van der Waals surface area contributed by atoms with Gasteiger partial charge in [0.15, 0.2) is 0 Å². The first-order valence-electron chi connectivity index (χ1n) is 4.63. The van der Waals surface area contributed by atoms with Gasteiger partial charge >= 0.3 is 5.00 Å². The minimum atomic E-state index is -0.511. The van der Waals surface area contributed by atoms with Crippen LogP contribution in [0.1, 0.15) is 16.6 Å². The third-order valence-electron chi connectivity index (χ3n) is 1.87. The standard InChI is InChI=1S/C9H11ClN2O3S/c1-6(4-10)5-11-9(13)7-2-3-8(16-7)12(14)15/h2-3,6H,4-5H2,1H3,(H,11,13). The van der Waals surface area contributed by atoms with E-state index in [-0.39, 0.29) is 16.8 Å². The monoisotopic (exact) mass is 262 g/mol. The Hall–Kier alpha value is -1.14. The molecule has 1 heterocycles. The minimum Gasteiger partial charge on any atom is -0.351 e. The number of alkyl halides is 1. The van der Waals surface area contributed by atoms with Crippen LogP contribution in [0.5, 0.6) is 0 Å². The van der Waals surface area contributed by atoms with Crippen molar-refractivity contribution in [3.63, 3.8) is 0 Å². The summed E-state index contributed by atoms with van der Waals surface area (Å²) in [5.74, 6) is 0.348. The maximum absolute atomic E-state index is 11.5. The number of thiophene rings is 1. The van der Waals surface area contributed by atoms with Gasteiger partial charge in [0.2, 0.25) is 0 Å². The molecule has 1 rings (SSSR count). The topological polar surface area (TPSA) is 72.2 Å². The highest BCUT2D eigenvalue weighted by atomic mass is 35.5. The molecule has 88 valence electrons. The lowest BCUT2D eigenvalue weighted by Gasteiger charge is -2.07. The van der Waals surface area contributed by atoms with E-state index in [1.807, 2.05) is 6.92 Å². The Balaban J connectivity index is 2.56. The van der Waals surface area contributed by atoms with Gasteiger partial charge in [0, 0.05) is 18.5 Å². The third kappa shape index (κ3) is 3.46. The molecule has 1 aromatic heterocycles. The summed E-state index contributed by atoms with van der Waals surface area (Å²) in [6.07, 6.45) is 0. The van der Waals surface area contributed by atoms with Crippen LogP contribution in [-0.4, -0.2) is 23.3 Å². The Bertz CT molecular complexity index is 394. The van der Waals surface area contributed by atoms with Crippen molar-refractivity contribution >= 4 is 33.8 Å². The molecule has 0 bridgehead atoms. The summed E-state index contributed by atoms with van der Waals surface area (Å²) >= 11 is 6.45. The van der Waals surface area contributed by atoms with Crippen molar-refractivity contribution in [1.82, 2.24) is 5.32 Å². The summed E-state index contributed by atoms with van der Waals surface area (Å²) in [6.45, 7) is 2.37. The fourth-order valence-electron chi connectivity index (χ4n) is 0.956. The molecule has 0 aliphatic rings. The zero-order valence-corrected chi connectivity index (χ0v) is 10.2. The largest absolute Gasteiger partial charge is 0.351 e. The van der Waals surface area contributed by atoms with Crippen LogP contribution >= 0.6 is 22.9 Å². The van der Waals surface area contributed by atoms with Crippen LogP contribution in [0.3, 0.4) is 0 Å². The van der Waals surface area contributed by atoms with Gasteiger partial charge in [-0.1, -0.05) is 18.3 Å². The second-order valence-electron chi connectivity index (χ2n) is 3.36. The molecular weight excluding hydrogens is 252 g/mol. The zero-order chi connectivity index (χ0) is 12.1. The number of carbonyl (C=O) groups is 1. The molecule has 1 amide bonds. The number of hydrogen-bond donors (Lipinski definition) is 1. The molecule has 0 fully saturated rings. The van der Waals surface area contributed by atoms with Crippen molar-refractivity contribution in [2.24, 2.45) is 5.92 Å². The average molecular weight is 263 g/mol. The molecule has 0 spiro atoms. The predicted molar refractivity (Wildman–Crippen MR) is 63.2 cm³/mol. The lowest BCUT2D eigenvalue weighted by Crippen LogP contribution is -2.28. The molecule has 0 aliphatic carbocycles.